The number of benzene rings is 1. The largest absolute Gasteiger partial charge is 0.497 e. The highest BCUT2D eigenvalue weighted by Gasteiger charge is 2.38. The van der Waals surface area contributed by atoms with Crippen LogP contribution >= 0.6 is 0 Å². The van der Waals surface area contributed by atoms with Crippen LogP contribution in [0.4, 0.5) is 18.9 Å². The Kier molecular flexibility index (Phi) is 4.18. The second-order valence-electron chi connectivity index (χ2n) is 2.87. The molecule has 1 rings (SSSR count). The lowest BCUT2D eigenvalue weighted by atomic mass is 10.2. The zero-order chi connectivity index (χ0) is 13.1. The van der Waals surface area contributed by atoms with E-state index in [1.54, 1.807) is 0 Å². The Balaban J connectivity index is 2.59. The molecule has 1 atom stereocenters. The van der Waals surface area contributed by atoms with Crippen LogP contribution in [0.1, 0.15) is 5.56 Å². The minimum Gasteiger partial charge on any atom is -0.279 e. The van der Waals surface area contributed by atoms with Crippen molar-refractivity contribution in [2.75, 3.05) is 0 Å². The maximum Gasteiger partial charge on any atom is 0.497 e. The van der Waals surface area contributed by atoms with Crippen molar-refractivity contribution in [3.05, 3.63) is 39.9 Å². The van der Waals surface area contributed by atoms with Gasteiger partial charge in [-0.3, -0.25) is 14.3 Å². The first-order valence-corrected chi connectivity index (χ1v) is 5.23. The summed E-state index contributed by atoms with van der Waals surface area (Å²) in [6.45, 7) is -0.538. The van der Waals surface area contributed by atoms with Crippen LogP contribution in [-0.2, 0) is 21.9 Å². The first-order chi connectivity index (χ1) is 7.80. The van der Waals surface area contributed by atoms with E-state index in [1.807, 2.05) is 0 Å². The molecule has 94 valence electrons. The Labute approximate surface area is 96.0 Å². The molecule has 1 aromatic carbocycles. The number of nitro benzene ring substituents is 1. The van der Waals surface area contributed by atoms with E-state index >= 15 is 0 Å². The highest BCUT2D eigenvalue weighted by Crippen LogP contribution is 2.22. The van der Waals surface area contributed by atoms with Gasteiger partial charge in [0.15, 0.2) is 0 Å². The smallest absolute Gasteiger partial charge is 0.279 e. The van der Waals surface area contributed by atoms with Gasteiger partial charge in [0.1, 0.15) is 0 Å². The van der Waals surface area contributed by atoms with Gasteiger partial charge in [0.2, 0.25) is 0 Å². The second-order valence-corrected chi connectivity index (χ2v) is 4.03. The van der Waals surface area contributed by atoms with Gasteiger partial charge in [-0.15, -0.1) is 0 Å². The number of nitrogens with zero attached hydrogens (tertiary/aromatic N) is 1. The Hall–Kier alpha value is -1.48. The number of alkyl halides is 3. The summed E-state index contributed by atoms with van der Waals surface area (Å²) in [6.07, 6.45) is 0. The van der Waals surface area contributed by atoms with Crippen LogP contribution in [0.2, 0.25) is 0 Å². The van der Waals surface area contributed by atoms with Gasteiger partial charge >= 0.3 is 5.51 Å². The molecule has 0 bridgehead atoms. The molecular formula is C8H6F3NO4S. The van der Waals surface area contributed by atoms with E-state index < -0.39 is 28.1 Å². The van der Waals surface area contributed by atoms with E-state index in [1.165, 1.54) is 12.1 Å². The van der Waals surface area contributed by atoms with Crippen molar-refractivity contribution < 1.29 is 26.5 Å². The third kappa shape index (κ3) is 4.11. The summed E-state index contributed by atoms with van der Waals surface area (Å²) in [6, 6.07) is 4.70. The van der Waals surface area contributed by atoms with Gasteiger partial charge in [0.05, 0.1) is 11.5 Å². The van der Waals surface area contributed by atoms with Gasteiger partial charge in [-0.2, -0.15) is 13.2 Å². The Morgan fingerprint density at radius 3 is 2.24 bits per heavy atom. The van der Waals surface area contributed by atoms with Crippen molar-refractivity contribution in [3.8, 4) is 0 Å². The minimum absolute atomic E-state index is 0.189. The number of hydrogen-bond acceptors (Lipinski definition) is 4. The van der Waals surface area contributed by atoms with Crippen LogP contribution < -0.4 is 0 Å². The second kappa shape index (κ2) is 5.23. The van der Waals surface area contributed by atoms with Crippen molar-refractivity contribution >= 4 is 16.8 Å². The van der Waals surface area contributed by atoms with E-state index in [9.17, 15) is 27.5 Å². The molecule has 0 amide bonds. The molecule has 0 N–H and O–H groups in total. The Morgan fingerprint density at radius 1 is 1.29 bits per heavy atom. The van der Waals surface area contributed by atoms with E-state index in [0.29, 0.717) is 0 Å². The lowest BCUT2D eigenvalue weighted by Crippen LogP contribution is -2.18. The fourth-order valence-corrected chi connectivity index (χ4v) is 1.28. The normalized spacial score (nSPS) is 13.4. The fourth-order valence-electron chi connectivity index (χ4n) is 0.902. The van der Waals surface area contributed by atoms with Gasteiger partial charge in [-0.1, -0.05) is 0 Å². The van der Waals surface area contributed by atoms with Crippen molar-refractivity contribution in [1.29, 1.82) is 0 Å². The SMILES string of the molecule is O=[N+]([O-])c1ccc(COS(=O)C(F)(F)F)cc1. The van der Waals surface area contributed by atoms with Crippen LogP contribution in [0.5, 0.6) is 0 Å². The predicted octanol–water partition coefficient (Wildman–Crippen LogP) is 2.29. The maximum absolute atomic E-state index is 11.8. The van der Waals surface area contributed by atoms with Crippen LogP contribution in [0.25, 0.3) is 0 Å². The van der Waals surface area contributed by atoms with E-state index in [4.69, 9.17) is 0 Å². The van der Waals surface area contributed by atoms with Crippen LogP contribution in [0.3, 0.4) is 0 Å². The quantitative estimate of drug-likeness (QED) is 0.621. The van der Waals surface area contributed by atoms with Crippen molar-refractivity contribution in [3.63, 3.8) is 0 Å². The average molecular weight is 269 g/mol. The summed E-state index contributed by atoms with van der Waals surface area (Å²) >= 11 is -3.39. The number of hydrogen-bond donors (Lipinski definition) is 0. The number of non-ortho nitro benzene ring substituents is 1. The molecule has 0 aromatic heterocycles. The molecule has 0 spiro atoms. The molecule has 0 saturated carbocycles. The molecule has 9 heteroatoms. The zero-order valence-corrected chi connectivity index (χ0v) is 8.96. The molecule has 0 saturated heterocycles. The van der Waals surface area contributed by atoms with Crippen molar-refractivity contribution in [2.45, 2.75) is 12.1 Å². The summed E-state index contributed by atoms with van der Waals surface area (Å²) in [5.74, 6) is 0. The summed E-state index contributed by atoms with van der Waals surface area (Å²) in [5, 5.41) is 10.3. The van der Waals surface area contributed by atoms with Gasteiger partial charge in [-0.25, -0.2) is 4.21 Å². The summed E-state index contributed by atoms with van der Waals surface area (Å²) < 4.78 is 50.0. The minimum atomic E-state index is -4.93. The molecule has 0 aliphatic heterocycles. The van der Waals surface area contributed by atoms with Gasteiger partial charge < -0.3 is 0 Å². The molecule has 0 aliphatic rings. The monoisotopic (exact) mass is 269 g/mol. The van der Waals surface area contributed by atoms with Gasteiger partial charge in [0, 0.05) is 12.1 Å². The van der Waals surface area contributed by atoms with Crippen LogP contribution in [0.15, 0.2) is 24.3 Å². The van der Waals surface area contributed by atoms with Crippen LogP contribution in [-0.4, -0.2) is 14.6 Å². The Morgan fingerprint density at radius 2 is 1.82 bits per heavy atom. The molecule has 1 aromatic rings. The molecule has 1 unspecified atom stereocenters. The first kappa shape index (κ1) is 13.6. The summed E-state index contributed by atoms with van der Waals surface area (Å²) in [4.78, 5) is 9.65. The van der Waals surface area contributed by atoms with E-state index in [-0.39, 0.29) is 11.3 Å². The third-order valence-electron chi connectivity index (χ3n) is 1.67. The number of nitro groups is 1. The first-order valence-electron chi connectivity index (χ1n) is 4.16. The zero-order valence-electron chi connectivity index (χ0n) is 8.14. The van der Waals surface area contributed by atoms with Gasteiger partial charge in [-0.05, 0) is 17.7 Å². The van der Waals surface area contributed by atoms with Crippen molar-refractivity contribution in [1.82, 2.24) is 0 Å². The molecule has 0 radical (unpaired) electrons. The van der Waals surface area contributed by atoms with E-state index in [2.05, 4.69) is 4.18 Å². The van der Waals surface area contributed by atoms with E-state index in [0.717, 1.165) is 12.1 Å². The summed E-state index contributed by atoms with van der Waals surface area (Å²) in [7, 11) is 0. The fraction of sp³-hybridized carbons (Fsp3) is 0.250. The van der Waals surface area contributed by atoms with Crippen LogP contribution in [0, 0.1) is 10.1 Å². The lowest BCUT2D eigenvalue weighted by molar-refractivity contribution is -0.384. The highest BCUT2D eigenvalue weighted by atomic mass is 32.2. The summed E-state index contributed by atoms with van der Waals surface area (Å²) in [5.41, 5.74) is -4.86. The third-order valence-corrected chi connectivity index (χ3v) is 2.38. The number of rotatable bonds is 4. The molecule has 0 heterocycles. The highest BCUT2D eigenvalue weighted by molar-refractivity contribution is 7.81. The molecule has 17 heavy (non-hydrogen) atoms. The maximum atomic E-state index is 11.8. The molecule has 5 nitrogen and oxygen atoms in total. The lowest BCUT2D eigenvalue weighted by Gasteiger charge is -2.05. The number of halogens is 3. The standard InChI is InChI=1S/C8H6F3NO4S/c9-8(10,11)17(15)16-5-6-1-3-7(4-2-6)12(13)14/h1-4H,5H2. The predicted molar refractivity (Wildman–Crippen MR) is 52.1 cm³/mol. The molecular weight excluding hydrogens is 263 g/mol. The molecule has 0 fully saturated rings. The Bertz CT molecular complexity index is 431. The van der Waals surface area contributed by atoms with Crippen molar-refractivity contribution in [2.24, 2.45) is 0 Å². The molecule has 0 aliphatic carbocycles. The van der Waals surface area contributed by atoms with Gasteiger partial charge in [0.25, 0.3) is 16.8 Å². The topological polar surface area (TPSA) is 69.4 Å². The average Bonchev–Trinajstić information content (AvgIpc) is 2.25.